The summed E-state index contributed by atoms with van der Waals surface area (Å²) in [4.78, 5) is 16.9. The van der Waals surface area contributed by atoms with E-state index in [1.54, 1.807) is 18.1 Å². The van der Waals surface area contributed by atoms with Gasteiger partial charge in [0.15, 0.2) is 0 Å². The van der Waals surface area contributed by atoms with Crippen LogP contribution in [0.15, 0.2) is 36.5 Å². The third-order valence-corrected chi connectivity index (χ3v) is 3.19. The molecule has 3 N–H and O–H groups in total. The Kier molecular flexibility index (Phi) is 4.37. The molecule has 2 aromatic rings. The Morgan fingerprint density at radius 1 is 1.43 bits per heavy atom. The molecule has 21 heavy (non-hydrogen) atoms. The normalized spacial score (nSPS) is 10.4. The number of nitrogens with two attached hydrogens (primary N) is 1. The third-order valence-electron chi connectivity index (χ3n) is 3.19. The van der Waals surface area contributed by atoms with Gasteiger partial charge in [0.05, 0.1) is 11.3 Å². The first kappa shape index (κ1) is 14.8. The second-order valence-corrected chi connectivity index (χ2v) is 4.69. The quantitative estimate of drug-likeness (QED) is 0.825. The van der Waals surface area contributed by atoms with Crippen LogP contribution in [-0.4, -0.2) is 29.7 Å². The van der Waals surface area contributed by atoms with Gasteiger partial charge in [0.1, 0.15) is 5.82 Å². The molecule has 0 saturated heterocycles. The van der Waals surface area contributed by atoms with Crippen molar-refractivity contribution < 1.29 is 14.3 Å². The van der Waals surface area contributed by atoms with Crippen molar-refractivity contribution in [2.45, 2.75) is 6.42 Å². The molecule has 6 heteroatoms. The average molecular weight is 289 g/mol. The number of nitrogen functional groups attached to an aromatic ring is 1. The fourth-order valence-electron chi connectivity index (χ4n) is 2.00. The lowest BCUT2D eigenvalue weighted by atomic mass is 10.1. The summed E-state index contributed by atoms with van der Waals surface area (Å²) in [5.41, 5.74) is 6.42. The van der Waals surface area contributed by atoms with E-state index in [1.165, 1.54) is 6.07 Å². The average Bonchev–Trinajstić information content (AvgIpc) is 2.45. The Balaban J connectivity index is 2.17. The highest BCUT2D eigenvalue weighted by Gasteiger charge is 2.15. The summed E-state index contributed by atoms with van der Waals surface area (Å²) in [6.07, 6.45) is 2.32. The summed E-state index contributed by atoms with van der Waals surface area (Å²) in [7, 11) is 1.70. The number of aromatic nitrogens is 1. The Hall–Kier alpha value is -2.63. The Morgan fingerprint density at radius 2 is 2.19 bits per heavy atom. The molecule has 0 aliphatic carbocycles. The fourth-order valence-corrected chi connectivity index (χ4v) is 2.00. The highest BCUT2D eigenvalue weighted by molar-refractivity contribution is 5.95. The predicted octanol–water partition coefficient (Wildman–Crippen LogP) is 2.18. The number of likely N-dealkylation sites (N-methyl/N-ethyl adjacent to an activating group) is 1. The van der Waals surface area contributed by atoms with Crippen molar-refractivity contribution in [2.75, 3.05) is 24.2 Å². The van der Waals surface area contributed by atoms with E-state index in [0.717, 1.165) is 11.8 Å². The maximum Gasteiger partial charge on any atom is 0.337 e. The number of hydrogen-bond acceptors (Lipinski definition) is 4. The first-order valence-corrected chi connectivity index (χ1v) is 6.42. The minimum absolute atomic E-state index is 0.0816. The molecule has 0 bridgehead atoms. The molecule has 0 spiro atoms. The van der Waals surface area contributed by atoms with Crippen LogP contribution in [0.2, 0.25) is 0 Å². The Bertz CT molecular complexity index is 647. The first-order chi connectivity index (χ1) is 9.99. The number of aromatic carboxylic acids is 1. The molecule has 0 aliphatic rings. The molecule has 0 aliphatic heterocycles. The molecule has 2 rings (SSSR count). The molecule has 0 saturated carbocycles. The number of anilines is 2. The zero-order valence-electron chi connectivity index (χ0n) is 11.6. The minimum Gasteiger partial charge on any atom is -0.478 e. The Morgan fingerprint density at radius 3 is 2.81 bits per heavy atom. The van der Waals surface area contributed by atoms with E-state index < -0.39 is 11.8 Å². The standard InChI is InChI=1S/C15H16FN3O2/c1-19(7-5-10-4-2-3-6-18-10)14-8-11(15(20)21)13(17)9-12(14)16/h2-4,6,8-9H,5,7,17H2,1H3,(H,20,21). The van der Waals surface area contributed by atoms with Crippen LogP contribution in [0.1, 0.15) is 16.1 Å². The molecule has 0 fully saturated rings. The molecule has 0 unspecified atom stereocenters. The van der Waals surface area contributed by atoms with Crippen molar-refractivity contribution in [3.63, 3.8) is 0 Å². The van der Waals surface area contributed by atoms with Gasteiger partial charge in [0.25, 0.3) is 0 Å². The van der Waals surface area contributed by atoms with Gasteiger partial charge < -0.3 is 15.7 Å². The predicted molar refractivity (Wildman–Crippen MR) is 79.0 cm³/mol. The lowest BCUT2D eigenvalue weighted by molar-refractivity contribution is 0.0698. The summed E-state index contributed by atoms with van der Waals surface area (Å²) in [5, 5.41) is 9.04. The summed E-state index contributed by atoms with van der Waals surface area (Å²) in [6, 6.07) is 7.89. The van der Waals surface area contributed by atoms with E-state index >= 15 is 0 Å². The molecular weight excluding hydrogens is 273 g/mol. The summed E-state index contributed by atoms with van der Waals surface area (Å²) in [5.74, 6) is -1.71. The van der Waals surface area contributed by atoms with Crippen molar-refractivity contribution in [3.8, 4) is 0 Å². The van der Waals surface area contributed by atoms with Gasteiger partial charge >= 0.3 is 5.97 Å². The van der Waals surface area contributed by atoms with Gasteiger partial charge in [-0.05, 0) is 24.3 Å². The maximum atomic E-state index is 13.9. The van der Waals surface area contributed by atoms with Crippen LogP contribution in [0.3, 0.4) is 0 Å². The summed E-state index contributed by atoms with van der Waals surface area (Å²) >= 11 is 0. The van der Waals surface area contributed by atoms with Crippen LogP contribution in [-0.2, 0) is 6.42 Å². The number of nitrogens with zero attached hydrogens (tertiary/aromatic N) is 2. The Labute approximate surface area is 121 Å². The molecule has 0 amide bonds. The van der Waals surface area contributed by atoms with Gasteiger partial charge in [-0.25, -0.2) is 9.18 Å². The summed E-state index contributed by atoms with van der Waals surface area (Å²) in [6.45, 7) is 0.511. The van der Waals surface area contributed by atoms with Gasteiger partial charge in [0.2, 0.25) is 0 Å². The van der Waals surface area contributed by atoms with E-state index in [1.807, 2.05) is 18.2 Å². The second-order valence-electron chi connectivity index (χ2n) is 4.69. The van der Waals surface area contributed by atoms with E-state index in [-0.39, 0.29) is 16.9 Å². The number of carbonyl (C=O) groups is 1. The van der Waals surface area contributed by atoms with Crippen molar-refractivity contribution in [3.05, 3.63) is 53.6 Å². The minimum atomic E-state index is -1.17. The lowest BCUT2D eigenvalue weighted by Crippen LogP contribution is -2.22. The van der Waals surface area contributed by atoms with E-state index in [2.05, 4.69) is 4.98 Å². The van der Waals surface area contributed by atoms with Gasteiger partial charge in [0, 0.05) is 37.6 Å². The molecule has 1 aromatic heterocycles. The molecule has 1 aromatic carbocycles. The van der Waals surface area contributed by atoms with Crippen molar-refractivity contribution in [1.82, 2.24) is 4.98 Å². The molecular formula is C15H16FN3O2. The fraction of sp³-hybridized carbons (Fsp3) is 0.200. The number of rotatable bonds is 5. The number of benzene rings is 1. The van der Waals surface area contributed by atoms with E-state index in [9.17, 15) is 9.18 Å². The molecule has 0 radical (unpaired) electrons. The number of halogens is 1. The largest absolute Gasteiger partial charge is 0.478 e. The number of carboxylic acid groups (broad SMARTS) is 1. The molecule has 1 heterocycles. The smallest absolute Gasteiger partial charge is 0.337 e. The van der Waals surface area contributed by atoms with Crippen LogP contribution in [0.4, 0.5) is 15.8 Å². The van der Waals surface area contributed by atoms with Gasteiger partial charge in [-0.3, -0.25) is 4.98 Å². The van der Waals surface area contributed by atoms with Crippen LogP contribution < -0.4 is 10.6 Å². The zero-order chi connectivity index (χ0) is 15.4. The molecule has 0 atom stereocenters. The second kappa shape index (κ2) is 6.21. The van der Waals surface area contributed by atoms with Crippen molar-refractivity contribution in [2.24, 2.45) is 0 Å². The zero-order valence-corrected chi connectivity index (χ0v) is 11.6. The van der Waals surface area contributed by atoms with Crippen LogP contribution >= 0.6 is 0 Å². The SMILES string of the molecule is CN(CCc1ccccn1)c1cc(C(=O)O)c(N)cc1F. The number of carboxylic acids is 1. The third kappa shape index (κ3) is 3.47. The van der Waals surface area contributed by atoms with Crippen molar-refractivity contribution in [1.29, 1.82) is 0 Å². The van der Waals surface area contributed by atoms with Gasteiger partial charge in [-0.1, -0.05) is 6.07 Å². The molecule has 110 valence electrons. The van der Waals surface area contributed by atoms with Crippen LogP contribution in [0.5, 0.6) is 0 Å². The monoisotopic (exact) mass is 289 g/mol. The van der Waals surface area contributed by atoms with E-state index in [4.69, 9.17) is 10.8 Å². The van der Waals surface area contributed by atoms with Crippen molar-refractivity contribution >= 4 is 17.3 Å². The molecule has 5 nitrogen and oxygen atoms in total. The van der Waals surface area contributed by atoms with Crippen LogP contribution in [0, 0.1) is 5.82 Å². The highest BCUT2D eigenvalue weighted by Crippen LogP contribution is 2.25. The first-order valence-electron chi connectivity index (χ1n) is 6.42. The summed E-state index contributed by atoms with van der Waals surface area (Å²) < 4.78 is 13.9. The van der Waals surface area contributed by atoms with Crippen LogP contribution in [0.25, 0.3) is 0 Å². The maximum absolute atomic E-state index is 13.9. The topological polar surface area (TPSA) is 79.5 Å². The van der Waals surface area contributed by atoms with Gasteiger partial charge in [-0.15, -0.1) is 0 Å². The lowest BCUT2D eigenvalue weighted by Gasteiger charge is -2.20. The van der Waals surface area contributed by atoms with Gasteiger partial charge in [-0.2, -0.15) is 0 Å². The highest BCUT2D eigenvalue weighted by atomic mass is 19.1. The van der Waals surface area contributed by atoms with E-state index in [0.29, 0.717) is 13.0 Å². The number of pyridine rings is 1. The number of hydrogen-bond donors (Lipinski definition) is 2.